The number of rotatable bonds is 2. The van der Waals surface area contributed by atoms with E-state index in [2.05, 4.69) is 0 Å². The fourth-order valence-electron chi connectivity index (χ4n) is 2.04. The highest BCUT2D eigenvalue weighted by molar-refractivity contribution is 5.38. The van der Waals surface area contributed by atoms with Crippen molar-refractivity contribution in [2.24, 2.45) is 5.92 Å². The highest BCUT2D eigenvalue weighted by Crippen LogP contribution is 2.34. The van der Waals surface area contributed by atoms with Crippen molar-refractivity contribution in [2.75, 3.05) is 0 Å². The van der Waals surface area contributed by atoms with E-state index in [0.29, 0.717) is 19.3 Å². The zero-order valence-electron chi connectivity index (χ0n) is 7.93. The average molecular weight is 188 g/mol. The van der Waals surface area contributed by atoms with Gasteiger partial charge in [0.2, 0.25) is 0 Å². The molecule has 0 spiro atoms. The lowest BCUT2D eigenvalue weighted by Gasteiger charge is -2.40. The molecule has 4 heteroatoms. The van der Waals surface area contributed by atoms with Gasteiger partial charge in [0.1, 0.15) is 5.60 Å². The van der Waals surface area contributed by atoms with Crippen LogP contribution < -0.4 is 0 Å². The third-order valence-corrected chi connectivity index (χ3v) is 2.70. The third kappa shape index (κ3) is 2.19. The molecule has 0 aromatic heterocycles. The molecular weight excluding hydrogens is 172 g/mol. The summed E-state index contributed by atoms with van der Waals surface area (Å²) in [7, 11) is 0. The van der Waals surface area contributed by atoms with Crippen molar-refractivity contribution in [1.29, 1.82) is 0 Å². The zero-order valence-corrected chi connectivity index (χ0v) is 7.93. The van der Waals surface area contributed by atoms with Gasteiger partial charge in [0, 0.05) is 6.42 Å². The normalized spacial score (nSPS) is 45.7. The molecule has 13 heavy (non-hydrogen) atoms. The monoisotopic (exact) mass is 188 g/mol. The molecule has 1 aliphatic rings. The van der Waals surface area contributed by atoms with E-state index in [0.717, 1.165) is 0 Å². The van der Waals surface area contributed by atoms with Gasteiger partial charge in [-0.2, -0.15) is 0 Å². The zero-order chi connectivity index (χ0) is 10.1. The van der Waals surface area contributed by atoms with Gasteiger partial charge in [0.25, 0.3) is 6.47 Å². The van der Waals surface area contributed by atoms with Crippen LogP contribution in [0.3, 0.4) is 0 Å². The van der Waals surface area contributed by atoms with E-state index >= 15 is 0 Å². The molecule has 2 N–H and O–H groups in total. The number of aliphatic hydroxyl groups is 2. The molecule has 1 aliphatic carbocycles. The van der Waals surface area contributed by atoms with Crippen LogP contribution in [0.15, 0.2) is 0 Å². The summed E-state index contributed by atoms with van der Waals surface area (Å²) in [6.45, 7) is 4.00. The lowest BCUT2D eigenvalue weighted by atomic mass is 9.76. The molecule has 1 rings (SSSR count). The highest BCUT2D eigenvalue weighted by atomic mass is 16.5. The van der Waals surface area contributed by atoms with Gasteiger partial charge in [-0.25, -0.2) is 0 Å². The van der Waals surface area contributed by atoms with Crippen LogP contribution in [0.2, 0.25) is 0 Å². The van der Waals surface area contributed by atoms with Crippen LogP contribution in [0.5, 0.6) is 0 Å². The highest BCUT2D eigenvalue weighted by Gasteiger charge is 2.41. The van der Waals surface area contributed by atoms with E-state index in [-0.39, 0.29) is 5.92 Å². The van der Waals surface area contributed by atoms with Gasteiger partial charge < -0.3 is 14.9 Å². The van der Waals surface area contributed by atoms with Gasteiger partial charge in [0.05, 0.1) is 12.2 Å². The van der Waals surface area contributed by atoms with Crippen molar-refractivity contribution in [1.82, 2.24) is 0 Å². The van der Waals surface area contributed by atoms with E-state index in [4.69, 9.17) is 4.74 Å². The fraction of sp³-hybridized carbons (Fsp3) is 0.889. The molecule has 1 fully saturated rings. The second kappa shape index (κ2) is 3.64. The number of carbonyl (C=O) groups is 1. The Balaban J connectivity index is 2.66. The van der Waals surface area contributed by atoms with Crippen LogP contribution in [0.25, 0.3) is 0 Å². The second-order valence-corrected chi connectivity index (χ2v) is 4.11. The Bertz CT molecular complexity index is 180. The van der Waals surface area contributed by atoms with Crippen molar-refractivity contribution < 1.29 is 19.7 Å². The first-order valence-electron chi connectivity index (χ1n) is 4.46. The van der Waals surface area contributed by atoms with Crippen molar-refractivity contribution >= 4 is 6.47 Å². The van der Waals surface area contributed by atoms with Gasteiger partial charge in [0.15, 0.2) is 0 Å². The molecule has 4 atom stereocenters. The van der Waals surface area contributed by atoms with Gasteiger partial charge in [-0.1, -0.05) is 6.92 Å². The molecular formula is C9H16O4. The first-order valence-corrected chi connectivity index (χ1v) is 4.46. The summed E-state index contributed by atoms with van der Waals surface area (Å²) in [6, 6.07) is 0. The summed E-state index contributed by atoms with van der Waals surface area (Å²) in [4.78, 5) is 10.2. The van der Waals surface area contributed by atoms with E-state index in [1.54, 1.807) is 6.92 Å². The topological polar surface area (TPSA) is 66.8 Å². The van der Waals surface area contributed by atoms with Gasteiger partial charge >= 0.3 is 0 Å². The van der Waals surface area contributed by atoms with Crippen molar-refractivity contribution in [2.45, 2.75) is 44.5 Å². The molecule has 0 amide bonds. The van der Waals surface area contributed by atoms with Gasteiger partial charge in [-0.15, -0.1) is 0 Å². The molecule has 4 nitrogen and oxygen atoms in total. The third-order valence-electron chi connectivity index (χ3n) is 2.70. The predicted molar refractivity (Wildman–Crippen MR) is 46.0 cm³/mol. The fourth-order valence-corrected chi connectivity index (χ4v) is 2.04. The summed E-state index contributed by atoms with van der Waals surface area (Å²) in [5.41, 5.74) is -0.625. The first kappa shape index (κ1) is 10.5. The largest absolute Gasteiger partial charge is 0.461 e. The average Bonchev–Trinajstić information content (AvgIpc) is 2.00. The summed E-state index contributed by atoms with van der Waals surface area (Å²) in [5.74, 6) is -0.0475. The Morgan fingerprint density at radius 2 is 2.08 bits per heavy atom. The Morgan fingerprint density at radius 1 is 1.46 bits per heavy atom. The van der Waals surface area contributed by atoms with Gasteiger partial charge in [-0.05, 0) is 19.3 Å². The number of aliphatic hydroxyl groups excluding tert-OH is 2. The molecule has 0 aliphatic heterocycles. The number of hydrogen-bond acceptors (Lipinski definition) is 4. The minimum atomic E-state index is -0.798. The van der Waals surface area contributed by atoms with Crippen LogP contribution in [-0.2, 0) is 9.53 Å². The molecule has 76 valence electrons. The van der Waals surface area contributed by atoms with E-state index in [9.17, 15) is 15.0 Å². The van der Waals surface area contributed by atoms with Gasteiger partial charge in [-0.3, -0.25) is 4.79 Å². The molecule has 0 aromatic rings. The van der Waals surface area contributed by atoms with Crippen LogP contribution in [-0.4, -0.2) is 34.5 Å². The Morgan fingerprint density at radius 3 is 2.54 bits per heavy atom. The van der Waals surface area contributed by atoms with E-state index in [1.165, 1.54) is 0 Å². The van der Waals surface area contributed by atoms with E-state index in [1.807, 2.05) is 6.92 Å². The minimum absolute atomic E-state index is 0.0475. The second-order valence-electron chi connectivity index (χ2n) is 4.11. The van der Waals surface area contributed by atoms with E-state index < -0.39 is 17.8 Å². The van der Waals surface area contributed by atoms with Crippen molar-refractivity contribution in [3.8, 4) is 0 Å². The van der Waals surface area contributed by atoms with Crippen LogP contribution >= 0.6 is 0 Å². The lowest BCUT2D eigenvalue weighted by Crippen LogP contribution is -2.48. The molecule has 0 radical (unpaired) electrons. The maximum atomic E-state index is 10.2. The Kier molecular flexibility index (Phi) is 2.93. The quantitative estimate of drug-likeness (QED) is 0.602. The number of ether oxygens (including phenoxy) is 1. The van der Waals surface area contributed by atoms with Crippen LogP contribution in [0.4, 0.5) is 0 Å². The number of hydrogen-bond donors (Lipinski definition) is 2. The minimum Gasteiger partial charge on any atom is -0.461 e. The maximum Gasteiger partial charge on any atom is 0.293 e. The lowest BCUT2D eigenvalue weighted by molar-refractivity contribution is -0.162. The number of carbonyl (C=O) groups excluding carboxylic acids is 1. The van der Waals surface area contributed by atoms with Crippen LogP contribution in [0.1, 0.15) is 26.7 Å². The Hall–Kier alpha value is -0.610. The summed E-state index contributed by atoms with van der Waals surface area (Å²) in [5, 5.41) is 18.9. The summed E-state index contributed by atoms with van der Waals surface area (Å²) in [6.07, 6.45) is -0.613. The summed E-state index contributed by atoms with van der Waals surface area (Å²) < 4.78 is 4.91. The molecule has 1 saturated carbocycles. The smallest absolute Gasteiger partial charge is 0.293 e. The SMILES string of the molecule is CC1CC(C)(OC=O)CC(O)C1O. The van der Waals surface area contributed by atoms with Crippen LogP contribution in [0, 0.1) is 5.92 Å². The molecule has 4 unspecified atom stereocenters. The predicted octanol–water partition coefficient (Wildman–Crippen LogP) is 0.0698. The first-order chi connectivity index (χ1) is 5.98. The standard InChI is InChI=1S/C9H16O4/c1-6-3-9(2,13-5-10)4-7(11)8(6)12/h5-8,11-12H,3-4H2,1-2H3. The molecule has 0 heterocycles. The molecule has 0 bridgehead atoms. The summed E-state index contributed by atoms with van der Waals surface area (Å²) >= 11 is 0. The Labute approximate surface area is 77.5 Å². The van der Waals surface area contributed by atoms with Crippen molar-refractivity contribution in [3.63, 3.8) is 0 Å². The molecule has 0 saturated heterocycles. The molecule has 0 aromatic carbocycles. The maximum absolute atomic E-state index is 10.2. The van der Waals surface area contributed by atoms with Crippen molar-refractivity contribution in [3.05, 3.63) is 0 Å².